The van der Waals surface area contributed by atoms with Gasteiger partial charge in [0.25, 0.3) is 16.3 Å². The van der Waals surface area contributed by atoms with Crippen LogP contribution in [-0.4, -0.2) is 20.4 Å². The third kappa shape index (κ3) is 2.55. The van der Waals surface area contributed by atoms with Gasteiger partial charge in [0.15, 0.2) is 0 Å². The van der Waals surface area contributed by atoms with Crippen LogP contribution in [0, 0.1) is 18.7 Å². The van der Waals surface area contributed by atoms with E-state index in [2.05, 4.69) is 26.5 Å². The van der Waals surface area contributed by atoms with E-state index in [1.165, 1.54) is 5.56 Å². The largest absolute Gasteiger partial charge is 0.409 e. The second kappa shape index (κ2) is 5.10. The second-order valence-electron chi connectivity index (χ2n) is 4.73. The fraction of sp³-hybridized carbons (Fsp3) is 0.143. The van der Waals surface area contributed by atoms with Gasteiger partial charge in [0.1, 0.15) is 5.56 Å². The van der Waals surface area contributed by atoms with Crippen molar-refractivity contribution in [2.24, 2.45) is 0 Å². The van der Waals surface area contributed by atoms with Crippen molar-refractivity contribution in [2.45, 2.75) is 13.8 Å². The maximum atomic E-state index is 11.9. The molecule has 106 valence electrons. The molecule has 0 unspecified atom stereocenters. The molecule has 6 nitrogen and oxygen atoms in total. The number of aryl methyl sites for hydroxylation is 2. The molecule has 2 N–H and O–H groups in total. The molecular weight excluding hydrogens is 288 g/mol. The van der Waals surface area contributed by atoms with Gasteiger partial charge in [-0.2, -0.15) is 5.10 Å². The summed E-state index contributed by atoms with van der Waals surface area (Å²) in [6, 6.07) is 7.66. The first-order valence-electron chi connectivity index (χ1n) is 6.28. The molecule has 0 saturated heterocycles. The summed E-state index contributed by atoms with van der Waals surface area (Å²) in [4.78, 5) is 12.0. The number of hydrogen-bond donors (Lipinski definition) is 2. The molecule has 1 aromatic carbocycles. The zero-order chi connectivity index (χ0) is 15.0. The molecule has 0 spiro atoms. The first-order chi connectivity index (χ1) is 10.0. The van der Waals surface area contributed by atoms with Gasteiger partial charge in [-0.15, -0.1) is 5.10 Å². The quantitative estimate of drug-likeness (QED) is 0.710. The van der Waals surface area contributed by atoms with Crippen LogP contribution in [0.2, 0.25) is 0 Å². The third-order valence-electron chi connectivity index (χ3n) is 3.13. The lowest BCUT2D eigenvalue weighted by Gasteiger charge is -2.06. The van der Waals surface area contributed by atoms with E-state index in [0.717, 1.165) is 11.1 Å². The highest BCUT2D eigenvalue weighted by Gasteiger charge is 2.13. The number of aromatic nitrogens is 4. The molecule has 2 heterocycles. The molecular formula is C14H12N4O2S. The molecule has 0 saturated carbocycles. The Kier molecular flexibility index (Phi) is 3.26. The van der Waals surface area contributed by atoms with E-state index in [-0.39, 0.29) is 21.9 Å². The Hall–Kier alpha value is -2.54. The van der Waals surface area contributed by atoms with Crippen LogP contribution in [0.3, 0.4) is 0 Å². The van der Waals surface area contributed by atoms with Crippen LogP contribution in [0.1, 0.15) is 11.1 Å². The van der Waals surface area contributed by atoms with Crippen molar-refractivity contribution in [3.05, 3.63) is 50.6 Å². The van der Waals surface area contributed by atoms with E-state index in [9.17, 15) is 4.79 Å². The minimum atomic E-state index is -0.381. The average molecular weight is 300 g/mol. The van der Waals surface area contributed by atoms with Crippen LogP contribution in [-0.2, 0) is 0 Å². The lowest BCUT2D eigenvalue weighted by molar-refractivity contribution is 0.551. The monoisotopic (exact) mass is 300 g/mol. The molecule has 7 heteroatoms. The fourth-order valence-electron chi connectivity index (χ4n) is 2.15. The van der Waals surface area contributed by atoms with Crippen molar-refractivity contribution < 1.29 is 4.42 Å². The number of nitrogens with zero attached hydrogens (tertiary/aromatic N) is 2. The van der Waals surface area contributed by atoms with E-state index in [0.29, 0.717) is 5.69 Å². The van der Waals surface area contributed by atoms with Gasteiger partial charge < -0.3 is 4.42 Å². The van der Waals surface area contributed by atoms with Gasteiger partial charge in [-0.25, -0.2) is 10.2 Å². The summed E-state index contributed by atoms with van der Waals surface area (Å²) in [6.45, 7) is 4.02. The predicted octanol–water partition coefficient (Wildman–Crippen LogP) is 2.77. The van der Waals surface area contributed by atoms with Crippen LogP contribution < -0.4 is 5.56 Å². The predicted molar refractivity (Wildman–Crippen MR) is 80.4 cm³/mol. The number of aromatic amines is 2. The van der Waals surface area contributed by atoms with Crippen LogP contribution in [0.4, 0.5) is 0 Å². The van der Waals surface area contributed by atoms with Crippen molar-refractivity contribution in [1.29, 1.82) is 0 Å². The normalized spacial score (nSPS) is 10.8. The SMILES string of the molecule is Cc1ccc(-c2cc(-c3n[nH]c(=S)o3)c(=O)[nH]n2)c(C)c1. The minimum Gasteiger partial charge on any atom is -0.409 e. The first-order valence-corrected chi connectivity index (χ1v) is 6.68. The van der Waals surface area contributed by atoms with E-state index in [1.54, 1.807) is 6.07 Å². The van der Waals surface area contributed by atoms with E-state index in [4.69, 9.17) is 16.6 Å². The Morgan fingerprint density at radius 3 is 2.57 bits per heavy atom. The van der Waals surface area contributed by atoms with Crippen molar-refractivity contribution in [3.8, 4) is 22.7 Å². The summed E-state index contributed by atoms with van der Waals surface area (Å²) < 4.78 is 5.19. The smallest absolute Gasteiger partial charge is 0.284 e. The molecule has 0 atom stereocenters. The van der Waals surface area contributed by atoms with Gasteiger partial charge in [0.2, 0.25) is 0 Å². The summed E-state index contributed by atoms with van der Waals surface area (Å²) in [5, 5.41) is 12.9. The van der Waals surface area contributed by atoms with Crippen molar-refractivity contribution in [3.63, 3.8) is 0 Å². The van der Waals surface area contributed by atoms with Gasteiger partial charge in [-0.1, -0.05) is 23.8 Å². The molecule has 0 radical (unpaired) electrons. The summed E-state index contributed by atoms with van der Waals surface area (Å²) in [5.41, 5.74) is 3.72. The summed E-state index contributed by atoms with van der Waals surface area (Å²) >= 11 is 4.82. The number of hydrogen-bond acceptors (Lipinski definition) is 5. The maximum absolute atomic E-state index is 11.9. The molecule has 0 fully saturated rings. The fourth-order valence-corrected chi connectivity index (χ4v) is 2.27. The Labute approximate surface area is 124 Å². The molecule has 2 aromatic heterocycles. The molecule has 3 aromatic rings. The maximum Gasteiger partial charge on any atom is 0.284 e. The zero-order valence-corrected chi connectivity index (χ0v) is 12.2. The highest BCUT2D eigenvalue weighted by Crippen LogP contribution is 2.24. The molecule has 0 bridgehead atoms. The first kappa shape index (κ1) is 13.4. The van der Waals surface area contributed by atoms with Gasteiger partial charge in [-0.3, -0.25) is 4.79 Å². The van der Waals surface area contributed by atoms with Crippen molar-refractivity contribution in [2.75, 3.05) is 0 Å². The number of rotatable bonds is 2. The molecule has 21 heavy (non-hydrogen) atoms. The average Bonchev–Trinajstić information content (AvgIpc) is 2.86. The standard InChI is InChI=1S/C14H12N4O2S/c1-7-3-4-9(8(2)5-7)11-6-10(12(19)16-15-11)13-17-18-14(21)20-13/h3-6H,1-2H3,(H,16,19)(H,18,21). The van der Waals surface area contributed by atoms with E-state index >= 15 is 0 Å². The van der Waals surface area contributed by atoms with Gasteiger partial charge in [-0.05, 0) is 37.7 Å². The number of nitrogens with one attached hydrogen (secondary N) is 2. The van der Waals surface area contributed by atoms with Gasteiger partial charge in [0.05, 0.1) is 5.69 Å². The minimum absolute atomic E-state index is 0.120. The van der Waals surface area contributed by atoms with Crippen LogP contribution in [0.25, 0.3) is 22.7 Å². The molecule has 0 aliphatic rings. The second-order valence-corrected chi connectivity index (χ2v) is 5.10. The van der Waals surface area contributed by atoms with E-state index < -0.39 is 0 Å². The van der Waals surface area contributed by atoms with Crippen molar-refractivity contribution >= 4 is 12.2 Å². The highest BCUT2D eigenvalue weighted by molar-refractivity contribution is 7.71. The third-order valence-corrected chi connectivity index (χ3v) is 3.30. The lowest BCUT2D eigenvalue weighted by atomic mass is 10.0. The number of benzene rings is 1. The topological polar surface area (TPSA) is 87.6 Å². The Balaban J connectivity index is 2.17. The van der Waals surface area contributed by atoms with Gasteiger partial charge in [0, 0.05) is 5.56 Å². The number of H-pyrrole nitrogens is 2. The summed E-state index contributed by atoms with van der Waals surface area (Å²) in [6.07, 6.45) is 0. The van der Waals surface area contributed by atoms with Gasteiger partial charge >= 0.3 is 0 Å². The molecule has 0 aliphatic carbocycles. The lowest BCUT2D eigenvalue weighted by Crippen LogP contribution is -2.11. The van der Waals surface area contributed by atoms with E-state index in [1.807, 2.05) is 26.0 Å². The van der Waals surface area contributed by atoms with Crippen LogP contribution in [0.5, 0.6) is 0 Å². The summed E-state index contributed by atoms with van der Waals surface area (Å²) in [7, 11) is 0. The Bertz CT molecular complexity index is 923. The zero-order valence-electron chi connectivity index (χ0n) is 11.4. The molecule has 3 rings (SSSR count). The van der Waals surface area contributed by atoms with Crippen LogP contribution >= 0.6 is 12.2 Å². The summed E-state index contributed by atoms with van der Waals surface area (Å²) in [5.74, 6) is 0.148. The van der Waals surface area contributed by atoms with Crippen molar-refractivity contribution in [1.82, 2.24) is 20.4 Å². The molecule has 0 amide bonds. The molecule has 0 aliphatic heterocycles. The Morgan fingerprint density at radius 1 is 1.10 bits per heavy atom. The Morgan fingerprint density at radius 2 is 1.90 bits per heavy atom. The highest BCUT2D eigenvalue weighted by atomic mass is 32.1. The van der Waals surface area contributed by atoms with Crippen LogP contribution in [0.15, 0.2) is 33.5 Å².